The van der Waals surface area contributed by atoms with Gasteiger partial charge in [-0.2, -0.15) is 13.2 Å². The molecule has 1 atom stereocenters. The molecule has 0 bridgehead atoms. The Bertz CT molecular complexity index is 579. The van der Waals surface area contributed by atoms with Gasteiger partial charge in [0.25, 0.3) is 0 Å². The van der Waals surface area contributed by atoms with Crippen molar-refractivity contribution in [3.05, 3.63) is 65.5 Å². The van der Waals surface area contributed by atoms with Crippen molar-refractivity contribution >= 4 is 0 Å². The molecule has 0 fully saturated rings. The van der Waals surface area contributed by atoms with Gasteiger partial charge >= 0.3 is 6.18 Å². The predicted octanol–water partition coefficient (Wildman–Crippen LogP) is 3.55. The van der Waals surface area contributed by atoms with Crippen molar-refractivity contribution in [2.75, 3.05) is 0 Å². The second-order valence-electron chi connectivity index (χ2n) is 4.89. The zero-order chi connectivity index (χ0) is 14.8. The summed E-state index contributed by atoms with van der Waals surface area (Å²) in [5.41, 5.74) is -0.985. The van der Waals surface area contributed by atoms with Crippen molar-refractivity contribution < 1.29 is 18.3 Å². The molecule has 0 aliphatic carbocycles. The molecule has 0 radical (unpaired) electrons. The molecule has 20 heavy (non-hydrogen) atoms. The van der Waals surface area contributed by atoms with Crippen LogP contribution in [0.25, 0.3) is 0 Å². The van der Waals surface area contributed by atoms with Crippen LogP contribution in [0.5, 0.6) is 0 Å². The number of halogens is 3. The van der Waals surface area contributed by atoms with Crippen molar-refractivity contribution in [2.45, 2.75) is 25.1 Å². The highest BCUT2D eigenvalue weighted by atomic mass is 19.4. The molecule has 1 heterocycles. The Kier molecular flexibility index (Phi) is 3.81. The number of hydrogen-bond acceptors (Lipinski definition) is 2. The summed E-state index contributed by atoms with van der Waals surface area (Å²) in [6.45, 7) is 1.56. The number of pyridine rings is 1. The van der Waals surface area contributed by atoms with Crippen molar-refractivity contribution in [3.63, 3.8) is 0 Å². The summed E-state index contributed by atoms with van der Waals surface area (Å²) in [6, 6.07) is 8.36. The fourth-order valence-electron chi connectivity index (χ4n) is 2.04. The van der Waals surface area contributed by atoms with Gasteiger partial charge in [0.1, 0.15) is 0 Å². The van der Waals surface area contributed by atoms with Gasteiger partial charge in [-0.1, -0.05) is 24.3 Å². The SMILES string of the molecule is CC(O)(Cc1cccc(C(F)(F)F)c1)c1cccnc1. The molecule has 0 aliphatic heterocycles. The lowest BCUT2D eigenvalue weighted by atomic mass is 9.89. The maximum atomic E-state index is 12.7. The minimum Gasteiger partial charge on any atom is -0.385 e. The molecule has 106 valence electrons. The van der Waals surface area contributed by atoms with Crippen LogP contribution in [0, 0.1) is 0 Å². The van der Waals surface area contributed by atoms with Gasteiger partial charge in [0.15, 0.2) is 0 Å². The topological polar surface area (TPSA) is 33.1 Å². The van der Waals surface area contributed by atoms with E-state index in [9.17, 15) is 18.3 Å². The quantitative estimate of drug-likeness (QED) is 0.933. The van der Waals surface area contributed by atoms with Crippen LogP contribution >= 0.6 is 0 Å². The molecule has 1 aromatic carbocycles. The molecule has 2 nitrogen and oxygen atoms in total. The Hall–Kier alpha value is -1.88. The third kappa shape index (κ3) is 3.36. The smallest absolute Gasteiger partial charge is 0.385 e. The summed E-state index contributed by atoms with van der Waals surface area (Å²) in [4.78, 5) is 3.91. The number of alkyl halides is 3. The first-order valence-electron chi connectivity index (χ1n) is 6.08. The van der Waals surface area contributed by atoms with E-state index in [0.717, 1.165) is 12.1 Å². The molecule has 1 aromatic heterocycles. The van der Waals surface area contributed by atoms with Gasteiger partial charge < -0.3 is 5.11 Å². The third-order valence-electron chi connectivity index (χ3n) is 3.09. The minimum atomic E-state index is -4.38. The third-order valence-corrected chi connectivity index (χ3v) is 3.09. The normalized spacial score (nSPS) is 14.8. The molecule has 1 N–H and O–H groups in total. The first-order chi connectivity index (χ1) is 9.29. The average Bonchev–Trinajstić information content (AvgIpc) is 2.38. The van der Waals surface area contributed by atoms with Crippen molar-refractivity contribution in [1.82, 2.24) is 4.98 Å². The van der Waals surface area contributed by atoms with Crippen molar-refractivity contribution in [2.24, 2.45) is 0 Å². The number of nitrogens with zero attached hydrogens (tertiary/aromatic N) is 1. The highest BCUT2D eigenvalue weighted by Crippen LogP contribution is 2.31. The number of aliphatic hydroxyl groups is 1. The van der Waals surface area contributed by atoms with Gasteiger partial charge in [-0.05, 0) is 24.6 Å². The first-order valence-corrected chi connectivity index (χ1v) is 6.08. The number of aromatic nitrogens is 1. The van der Waals surface area contributed by atoms with E-state index in [1.807, 2.05) is 0 Å². The maximum Gasteiger partial charge on any atom is 0.416 e. The van der Waals surface area contributed by atoms with E-state index in [2.05, 4.69) is 4.98 Å². The molecule has 5 heteroatoms. The van der Waals surface area contributed by atoms with E-state index in [4.69, 9.17) is 0 Å². The second-order valence-corrected chi connectivity index (χ2v) is 4.89. The van der Waals surface area contributed by atoms with Gasteiger partial charge in [0, 0.05) is 24.4 Å². The second kappa shape index (κ2) is 5.25. The van der Waals surface area contributed by atoms with Crippen LogP contribution in [-0.4, -0.2) is 10.1 Å². The Morgan fingerprint density at radius 3 is 2.40 bits per heavy atom. The Labute approximate surface area is 114 Å². The number of benzene rings is 1. The largest absolute Gasteiger partial charge is 0.416 e. The van der Waals surface area contributed by atoms with E-state index in [-0.39, 0.29) is 6.42 Å². The summed E-state index contributed by atoms with van der Waals surface area (Å²) >= 11 is 0. The molecule has 0 amide bonds. The van der Waals surface area contributed by atoms with Gasteiger partial charge in [-0.25, -0.2) is 0 Å². The molecule has 0 saturated carbocycles. The average molecular weight is 281 g/mol. The highest BCUT2D eigenvalue weighted by molar-refractivity contribution is 5.29. The number of hydrogen-bond donors (Lipinski definition) is 1. The van der Waals surface area contributed by atoms with Gasteiger partial charge in [-0.3, -0.25) is 4.98 Å². The lowest BCUT2D eigenvalue weighted by molar-refractivity contribution is -0.137. The zero-order valence-electron chi connectivity index (χ0n) is 10.9. The first kappa shape index (κ1) is 14.5. The van der Waals surface area contributed by atoms with E-state index in [0.29, 0.717) is 11.1 Å². The van der Waals surface area contributed by atoms with Crippen LogP contribution in [0.1, 0.15) is 23.6 Å². The van der Waals surface area contributed by atoms with Crippen LogP contribution in [0.3, 0.4) is 0 Å². The lowest BCUT2D eigenvalue weighted by Gasteiger charge is -2.24. The molecule has 0 spiro atoms. The van der Waals surface area contributed by atoms with Gasteiger partial charge in [0.05, 0.1) is 11.2 Å². The minimum absolute atomic E-state index is 0.0859. The van der Waals surface area contributed by atoms with Crippen LogP contribution in [-0.2, 0) is 18.2 Å². The van der Waals surface area contributed by atoms with Crippen LogP contribution in [0.4, 0.5) is 13.2 Å². The van der Waals surface area contributed by atoms with E-state index >= 15 is 0 Å². The van der Waals surface area contributed by atoms with Crippen LogP contribution in [0.15, 0.2) is 48.8 Å². The fraction of sp³-hybridized carbons (Fsp3) is 0.267. The molecular formula is C15H14F3NO. The summed E-state index contributed by atoms with van der Waals surface area (Å²) in [7, 11) is 0. The lowest BCUT2D eigenvalue weighted by Crippen LogP contribution is -2.24. The van der Waals surface area contributed by atoms with Crippen LogP contribution < -0.4 is 0 Å². The fourth-order valence-corrected chi connectivity index (χ4v) is 2.04. The standard InChI is InChI=1S/C15H14F3NO/c1-14(20,13-6-3-7-19-10-13)9-11-4-2-5-12(8-11)15(16,17)18/h2-8,10,20H,9H2,1H3. The van der Waals surface area contributed by atoms with E-state index in [1.165, 1.54) is 12.3 Å². The van der Waals surface area contributed by atoms with Crippen molar-refractivity contribution in [1.29, 1.82) is 0 Å². The predicted molar refractivity (Wildman–Crippen MR) is 69.0 cm³/mol. The Balaban J connectivity index is 2.26. The summed E-state index contributed by atoms with van der Waals surface area (Å²) in [5.74, 6) is 0. The Morgan fingerprint density at radius 1 is 1.10 bits per heavy atom. The van der Waals surface area contributed by atoms with E-state index < -0.39 is 17.3 Å². The number of rotatable bonds is 3. The summed E-state index contributed by atoms with van der Waals surface area (Å²) in [5, 5.41) is 10.4. The molecule has 1 unspecified atom stereocenters. The molecule has 0 aliphatic rings. The monoisotopic (exact) mass is 281 g/mol. The summed E-state index contributed by atoms with van der Waals surface area (Å²) < 4.78 is 38.0. The molecular weight excluding hydrogens is 267 g/mol. The van der Waals surface area contributed by atoms with Gasteiger partial charge in [0.2, 0.25) is 0 Å². The van der Waals surface area contributed by atoms with E-state index in [1.54, 1.807) is 31.3 Å². The van der Waals surface area contributed by atoms with Crippen molar-refractivity contribution in [3.8, 4) is 0 Å². The highest BCUT2D eigenvalue weighted by Gasteiger charge is 2.31. The zero-order valence-corrected chi connectivity index (χ0v) is 10.9. The van der Waals surface area contributed by atoms with Crippen LogP contribution in [0.2, 0.25) is 0 Å². The maximum absolute atomic E-state index is 12.7. The Morgan fingerprint density at radius 2 is 1.80 bits per heavy atom. The summed E-state index contributed by atoms with van der Waals surface area (Å²) in [6.07, 6.45) is -1.21. The van der Waals surface area contributed by atoms with Gasteiger partial charge in [-0.15, -0.1) is 0 Å². The molecule has 2 rings (SSSR count). The molecule has 0 saturated heterocycles. The molecule has 2 aromatic rings.